The number of pyridine rings is 1. The normalized spacial score (nSPS) is 10.8. The summed E-state index contributed by atoms with van der Waals surface area (Å²) in [5.74, 6) is -0.178. The van der Waals surface area contributed by atoms with Gasteiger partial charge < -0.3 is 0 Å². The highest BCUT2D eigenvalue weighted by molar-refractivity contribution is 7.18. The van der Waals surface area contributed by atoms with E-state index in [1.165, 1.54) is 22.7 Å². The second-order valence-electron chi connectivity index (χ2n) is 5.14. The molecule has 0 saturated heterocycles. The molecule has 4 rings (SSSR count). The van der Waals surface area contributed by atoms with E-state index in [0.29, 0.717) is 15.7 Å². The number of carbonyl (C=O) groups excluding carboxylic acids is 1. The summed E-state index contributed by atoms with van der Waals surface area (Å²) in [6.45, 7) is 1.84. The van der Waals surface area contributed by atoms with Gasteiger partial charge in [0.25, 0.3) is 5.91 Å². The number of anilines is 1. The molecule has 0 spiro atoms. The van der Waals surface area contributed by atoms with Crippen molar-refractivity contribution in [3.8, 4) is 21.1 Å². The van der Waals surface area contributed by atoms with E-state index in [0.717, 1.165) is 21.1 Å². The molecule has 1 amide bonds. The first-order valence-corrected chi connectivity index (χ1v) is 9.97. The van der Waals surface area contributed by atoms with Gasteiger partial charge in [-0.05, 0) is 30.5 Å². The van der Waals surface area contributed by atoms with Crippen molar-refractivity contribution < 1.29 is 4.79 Å². The van der Waals surface area contributed by atoms with Crippen LogP contribution in [0.25, 0.3) is 21.1 Å². The molecule has 0 bridgehead atoms. The molecule has 0 saturated carbocycles. The zero-order valence-electron chi connectivity index (χ0n) is 13.1. The predicted octanol–water partition coefficient (Wildman–Crippen LogP) is 4.95. The molecule has 124 valence electrons. The van der Waals surface area contributed by atoms with Crippen LogP contribution in [-0.2, 0) is 0 Å². The lowest BCUT2D eigenvalue weighted by atomic mass is 10.3. The fraction of sp³-hybridized carbons (Fsp3) is 0.0588. The fourth-order valence-electron chi connectivity index (χ4n) is 2.25. The Bertz CT molecular complexity index is 1010. The molecule has 5 nitrogen and oxygen atoms in total. The molecule has 0 fully saturated rings. The molecule has 0 aliphatic carbocycles. The van der Waals surface area contributed by atoms with Crippen LogP contribution in [0.5, 0.6) is 0 Å². The molecule has 0 aromatic carbocycles. The van der Waals surface area contributed by atoms with E-state index in [-0.39, 0.29) is 5.91 Å². The quantitative estimate of drug-likeness (QED) is 0.540. The maximum absolute atomic E-state index is 12.6. The summed E-state index contributed by atoms with van der Waals surface area (Å²) >= 11 is 4.42. The van der Waals surface area contributed by atoms with Gasteiger partial charge in [0.05, 0.1) is 16.3 Å². The van der Waals surface area contributed by atoms with E-state index in [1.807, 2.05) is 41.9 Å². The summed E-state index contributed by atoms with van der Waals surface area (Å²) < 4.78 is 0. The number of nitrogens with one attached hydrogen (secondary N) is 1. The van der Waals surface area contributed by atoms with Crippen LogP contribution in [0.2, 0.25) is 0 Å². The molecule has 0 atom stereocenters. The largest absolute Gasteiger partial charge is 0.297 e. The topological polar surface area (TPSA) is 67.8 Å². The van der Waals surface area contributed by atoms with Crippen molar-refractivity contribution in [3.63, 3.8) is 0 Å². The molecular formula is C17H12N4OS3. The molecule has 0 radical (unpaired) electrons. The van der Waals surface area contributed by atoms with E-state index >= 15 is 0 Å². The zero-order valence-corrected chi connectivity index (χ0v) is 15.5. The third-order valence-corrected chi connectivity index (χ3v) is 6.28. The molecule has 1 N–H and O–H groups in total. The standard InChI is InChI=1S/C17H12N4OS3/c1-10-14(25-16(19-10)11-4-6-18-7-5-11)15(22)21-17-20-12(9-24-17)13-3-2-8-23-13/h2-9H,1H3,(H,20,21,22). The first-order valence-electron chi connectivity index (χ1n) is 7.39. The maximum Gasteiger partial charge on any atom is 0.269 e. The number of thiazole rings is 2. The van der Waals surface area contributed by atoms with Crippen molar-refractivity contribution in [1.29, 1.82) is 0 Å². The lowest BCUT2D eigenvalue weighted by Gasteiger charge is -1.99. The Balaban J connectivity index is 1.55. The van der Waals surface area contributed by atoms with Gasteiger partial charge >= 0.3 is 0 Å². The van der Waals surface area contributed by atoms with Crippen molar-refractivity contribution in [1.82, 2.24) is 15.0 Å². The highest BCUT2D eigenvalue weighted by atomic mass is 32.1. The Labute approximate surface area is 156 Å². The molecule has 25 heavy (non-hydrogen) atoms. The Morgan fingerprint density at radius 2 is 1.96 bits per heavy atom. The van der Waals surface area contributed by atoms with Crippen LogP contribution in [0.15, 0.2) is 47.4 Å². The van der Waals surface area contributed by atoms with Crippen molar-refractivity contribution in [2.45, 2.75) is 6.92 Å². The van der Waals surface area contributed by atoms with Crippen LogP contribution in [0.1, 0.15) is 15.4 Å². The first-order chi connectivity index (χ1) is 12.2. The predicted molar refractivity (Wildman–Crippen MR) is 103 cm³/mol. The van der Waals surface area contributed by atoms with E-state index in [1.54, 1.807) is 23.7 Å². The molecule has 0 aliphatic rings. The van der Waals surface area contributed by atoms with Gasteiger partial charge in [0.15, 0.2) is 5.13 Å². The zero-order chi connectivity index (χ0) is 17.2. The molecule has 4 aromatic heterocycles. The van der Waals surface area contributed by atoms with Gasteiger partial charge in [-0.3, -0.25) is 15.1 Å². The van der Waals surface area contributed by atoms with Crippen LogP contribution in [0.3, 0.4) is 0 Å². The fourth-order valence-corrected chi connectivity index (χ4v) is 4.68. The van der Waals surface area contributed by atoms with Crippen molar-refractivity contribution in [2.24, 2.45) is 0 Å². The van der Waals surface area contributed by atoms with Gasteiger partial charge in [-0.25, -0.2) is 9.97 Å². The van der Waals surface area contributed by atoms with Gasteiger partial charge in [-0.15, -0.1) is 34.0 Å². The van der Waals surface area contributed by atoms with Crippen LogP contribution in [0.4, 0.5) is 5.13 Å². The van der Waals surface area contributed by atoms with Crippen LogP contribution >= 0.6 is 34.0 Å². The van der Waals surface area contributed by atoms with E-state index in [9.17, 15) is 4.79 Å². The minimum absolute atomic E-state index is 0.178. The second-order valence-corrected chi connectivity index (χ2v) is 7.94. The number of carbonyl (C=O) groups is 1. The minimum atomic E-state index is -0.178. The number of hydrogen-bond donors (Lipinski definition) is 1. The number of hydrogen-bond acceptors (Lipinski definition) is 7. The van der Waals surface area contributed by atoms with Gasteiger partial charge in [0.1, 0.15) is 9.88 Å². The number of nitrogens with zero attached hydrogens (tertiary/aromatic N) is 3. The highest BCUT2D eigenvalue weighted by Gasteiger charge is 2.17. The molecule has 8 heteroatoms. The molecule has 4 heterocycles. The van der Waals surface area contributed by atoms with Crippen LogP contribution in [0, 0.1) is 6.92 Å². The molecule has 0 unspecified atom stereocenters. The van der Waals surface area contributed by atoms with Crippen LogP contribution < -0.4 is 5.32 Å². The Kier molecular flexibility index (Phi) is 4.39. The number of aromatic nitrogens is 3. The Morgan fingerprint density at radius 3 is 2.72 bits per heavy atom. The summed E-state index contributed by atoms with van der Waals surface area (Å²) in [7, 11) is 0. The van der Waals surface area contributed by atoms with Crippen molar-refractivity contribution in [2.75, 3.05) is 5.32 Å². The van der Waals surface area contributed by atoms with Crippen molar-refractivity contribution >= 4 is 45.0 Å². The summed E-state index contributed by atoms with van der Waals surface area (Å²) in [5.41, 5.74) is 2.55. The Morgan fingerprint density at radius 1 is 1.12 bits per heavy atom. The monoisotopic (exact) mass is 384 g/mol. The average Bonchev–Trinajstić information content (AvgIpc) is 3.35. The molecule has 4 aromatic rings. The summed E-state index contributed by atoms with van der Waals surface area (Å²) in [5, 5.41) is 8.23. The highest BCUT2D eigenvalue weighted by Crippen LogP contribution is 2.30. The van der Waals surface area contributed by atoms with E-state index in [2.05, 4.69) is 20.3 Å². The molecule has 0 aliphatic heterocycles. The van der Waals surface area contributed by atoms with Crippen LogP contribution in [-0.4, -0.2) is 20.9 Å². The third-order valence-electron chi connectivity index (χ3n) is 3.43. The number of aryl methyl sites for hydroxylation is 1. The minimum Gasteiger partial charge on any atom is -0.297 e. The second kappa shape index (κ2) is 6.83. The first kappa shape index (κ1) is 16.1. The van der Waals surface area contributed by atoms with Gasteiger partial charge in [0.2, 0.25) is 0 Å². The lowest BCUT2D eigenvalue weighted by Crippen LogP contribution is -2.11. The van der Waals surface area contributed by atoms with E-state index in [4.69, 9.17) is 0 Å². The Hall–Kier alpha value is -2.42. The van der Waals surface area contributed by atoms with Crippen molar-refractivity contribution in [3.05, 3.63) is 58.0 Å². The summed E-state index contributed by atoms with van der Waals surface area (Å²) in [6.07, 6.45) is 3.43. The summed E-state index contributed by atoms with van der Waals surface area (Å²) in [4.78, 5) is 27.3. The maximum atomic E-state index is 12.6. The lowest BCUT2D eigenvalue weighted by molar-refractivity contribution is 0.103. The molecular weight excluding hydrogens is 372 g/mol. The number of amides is 1. The third kappa shape index (κ3) is 3.37. The summed E-state index contributed by atoms with van der Waals surface area (Å²) in [6, 6.07) is 7.76. The van der Waals surface area contributed by atoms with Gasteiger partial charge in [0, 0.05) is 23.3 Å². The smallest absolute Gasteiger partial charge is 0.269 e. The van der Waals surface area contributed by atoms with Gasteiger partial charge in [-0.2, -0.15) is 0 Å². The SMILES string of the molecule is Cc1nc(-c2ccncc2)sc1C(=O)Nc1nc(-c2cccs2)cs1. The number of thiophene rings is 1. The van der Waals surface area contributed by atoms with E-state index < -0.39 is 0 Å². The number of rotatable bonds is 4. The van der Waals surface area contributed by atoms with Gasteiger partial charge in [-0.1, -0.05) is 6.07 Å². The average molecular weight is 385 g/mol.